The maximum atomic E-state index is 3.60. The van der Waals surface area contributed by atoms with Crippen LogP contribution in [-0.2, 0) is 0 Å². The van der Waals surface area contributed by atoms with Crippen molar-refractivity contribution in [1.82, 2.24) is 5.32 Å². The highest BCUT2D eigenvalue weighted by atomic mass is 14.9. The Kier molecular flexibility index (Phi) is 7.18. The van der Waals surface area contributed by atoms with Gasteiger partial charge in [0, 0.05) is 6.54 Å². The van der Waals surface area contributed by atoms with Crippen LogP contribution in [0.5, 0.6) is 0 Å². The van der Waals surface area contributed by atoms with Crippen molar-refractivity contribution in [2.45, 2.75) is 78.6 Å². The first-order valence-corrected chi connectivity index (χ1v) is 7.97. The van der Waals surface area contributed by atoms with E-state index in [-0.39, 0.29) is 0 Å². The summed E-state index contributed by atoms with van der Waals surface area (Å²) in [6, 6.07) is 0. The molecule has 1 rings (SSSR count). The van der Waals surface area contributed by atoms with Gasteiger partial charge in [0.25, 0.3) is 0 Å². The summed E-state index contributed by atoms with van der Waals surface area (Å²) in [7, 11) is 0. The van der Waals surface area contributed by atoms with E-state index in [0.29, 0.717) is 5.41 Å². The molecule has 1 fully saturated rings. The van der Waals surface area contributed by atoms with Crippen LogP contribution in [0.4, 0.5) is 0 Å². The molecule has 1 heteroatoms. The maximum absolute atomic E-state index is 3.60. The standard InChI is InChI=1S/C16H33N/c1-4-7-8-15-9-12-16(11-5-2,13-10-15)14-17-6-3/h15,17H,4-14H2,1-3H3. The molecular formula is C16H33N. The van der Waals surface area contributed by atoms with Crippen LogP contribution in [0.3, 0.4) is 0 Å². The summed E-state index contributed by atoms with van der Waals surface area (Å²) in [4.78, 5) is 0. The van der Waals surface area contributed by atoms with Gasteiger partial charge in [0.1, 0.15) is 0 Å². The van der Waals surface area contributed by atoms with Gasteiger partial charge in [0.15, 0.2) is 0 Å². The zero-order valence-corrected chi connectivity index (χ0v) is 12.4. The predicted octanol–water partition coefficient (Wildman–Crippen LogP) is 4.76. The van der Waals surface area contributed by atoms with E-state index in [4.69, 9.17) is 0 Å². The lowest BCUT2D eigenvalue weighted by Crippen LogP contribution is -2.37. The molecule has 0 saturated heterocycles. The van der Waals surface area contributed by atoms with Crippen LogP contribution in [-0.4, -0.2) is 13.1 Å². The van der Waals surface area contributed by atoms with Crippen LogP contribution in [0.15, 0.2) is 0 Å². The molecule has 0 radical (unpaired) electrons. The van der Waals surface area contributed by atoms with Crippen LogP contribution < -0.4 is 5.32 Å². The fourth-order valence-electron chi connectivity index (χ4n) is 3.51. The smallest absolute Gasteiger partial charge is 0.000769 e. The van der Waals surface area contributed by atoms with Crippen LogP contribution in [0, 0.1) is 11.3 Å². The molecule has 102 valence electrons. The van der Waals surface area contributed by atoms with E-state index in [0.717, 1.165) is 12.5 Å². The van der Waals surface area contributed by atoms with Gasteiger partial charge in [-0.3, -0.25) is 0 Å². The van der Waals surface area contributed by atoms with E-state index in [1.165, 1.54) is 64.3 Å². The maximum Gasteiger partial charge on any atom is 0.000769 e. The second-order valence-electron chi connectivity index (χ2n) is 6.12. The quantitative estimate of drug-likeness (QED) is 0.644. The van der Waals surface area contributed by atoms with Gasteiger partial charge in [-0.25, -0.2) is 0 Å². The SMILES string of the molecule is CCCCC1CCC(CCC)(CNCC)CC1. The molecule has 0 bridgehead atoms. The number of unbranched alkanes of at least 4 members (excludes halogenated alkanes) is 1. The monoisotopic (exact) mass is 239 g/mol. The molecular weight excluding hydrogens is 206 g/mol. The Morgan fingerprint density at radius 2 is 1.76 bits per heavy atom. The minimum atomic E-state index is 0.646. The molecule has 0 aromatic heterocycles. The van der Waals surface area contributed by atoms with Crippen molar-refractivity contribution in [3.05, 3.63) is 0 Å². The van der Waals surface area contributed by atoms with Gasteiger partial charge in [0.05, 0.1) is 0 Å². The van der Waals surface area contributed by atoms with Crippen molar-refractivity contribution in [3.8, 4) is 0 Å². The highest BCUT2D eigenvalue weighted by Gasteiger charge is 2.33. The number of nitrogens with one attached hydrogen (secondary N) is 1. The summed E-state index contributed by atoms with van der Waals surface area (Å²) in [6.45, 7) is 9.28. The zero-order valence-electron chi connectivity index (χ0n) is 12.4. The van der Waals surface area contributed by atoms with E-state index < -0.39 is 0 Å². The lowest BCUT2D eigenvalue weighted by Gasteiger charge is -2.40. The number of hydrogen-bond acceptors (Lipinski definition) is 1. The second kappa shape index (κ2) is 8.13. The van der Waals surface area contributed by atoms with Crippen LogP contribution in [0.1, 0.15) is 78.6 Å². The molecule has 0 atom stereocenters. The molecule has 0 aliphatic heterocycles. The van der Waals surface area contributed by atoms with Crippen molar-refractivity contribution in [2.75, 3.05) is 13.1 Å². The van der Waals surface area contributed by atoms with E-state index in [9.17, 15) is 0 Å². The Hall–Kier alpha value is -0.0400. The first kappa shape index (κ1) is 15.0. The third-order valence-corrected chi connectivity index (χ3v) is 4.66. The Labute approximate surface area is 109 Å². The van der Waals surface area contributed by atoms with E-state index in [1.54, 1.807) is 0 Å². The molecule has 0 unspecified atom stereocenters. The minimum Gasteiger partial charge on any atom is -0.316 e. The molecule has 0 amide bonds. The van der Waals surface area contributed by atoms with Crippen molar-refractivity contribution in [3.63, 3.8) is 0 Å². The summed E-state index contributed by atoms with van der Waals surface area (Å²) in [5.74, 6) is 1.04. The number of rotatable bonds is 8. The van der Waals surface area contributed by atoms with Crippen molar-refractivity contribution >= 4 is 0 Å². The first-order valence-electron chi connectivity index (χ1n) is 7.97. The Morgan fingerprint density at radius 1 is 1.06 bits per heavy atom. The summed E-state index contributed by atoms with van der Waals surface area (Å²) >= 11 is 0. The van der Waals surface area contributed by atoms with Gasteiger partial charge < -0.3 is 5.32 Å². The van der Waals surface area contributed by atoms with Gasteiger partial charge in [-0.2, -0.15) is 0 Å². The van der Waals surface area contributed by atoms with Crippen LogP contribution in [0.25, 0.3) is 0 Å². The third-order valence-electron chi connectivity index (χ3n) is 4.66. The van der Waals surface area contributed by atoms with Crippen LogP contribution >= 0.6 is 0 Å². The van der Waals surface area contributed by atoms with Gasteiger partial charge >= 0.3 is 0 Å². The molecule has 1 aliphatic carbocycles. The average molecular weight is 239 g/mol. The van der Waals surface area contributed by atoms with Crippen molar-refractivity contribution < 1.29 is 0 Å². The van der Waals surface area contributed by atoms with Crippen molar-refractivity contribution in [2.24, 2.45) is 11.3 Å². The fourth-order valence-corrected chi connectivity index (χ4v) is 3.51. The third kappa shape index (κ3) is 4.99. The van der Waals surface area contributed by atoms with Crippen molar-refractivity contribution in [1.29, 1.82) is 0 Å². The summed E-state index contributed by atoms with van der Waals surface area (Å²) < 4.78 is 0. The molecule has 1 N–H and O–H groups in total. The molecule has 1 aliphatic rings. The van der Waals surface area contributed by atoms with Gasteiger partial charge in [-0.15, -0.1) is 0 Å². The normalized spacial score (nSPS) is 29.5. The molecule has 1 saturated carbocycles. The summed E-state index contributed by atoms with van der Waals surface area (Å²) in [5, 5.41) is 3.60. The lowest BCUT2D eigenvalue weighted by atomic mass is 9.67. The summed E-state index contributed by atoms with van der Waals surface area (Å²) in [6.07, 6.45) is 13.0. The molecule has 0 aromatic rings. The molecule has 0 aromatic carbocycles. The summed E-state index contributed by atoms with van der Waals surface area (Å²) in [5.41, 5.74) is 0.646. The molecule has 0 heterocycles. The lowest BCUT2D eigenvalue weighted by molar-refractivity contribution is 0.127. The highest BCUT2D eigenvalue weighted by Crippen LogP contribution is 2.43. The predicted molar refractivity (Wildman–Crippen MR) is 77.4 cm³/mol. The van der Waals surface area contributed by atoms with E-state index in [2.05, 4.69) is 26.1 Å². The highest BCUT2D eigenvalue weighted by molar-refractivity contribution is 4.87. The zero-order chi connectivity index (χ0) is 12.6. The second-order valence-corrected chi connectivity index (χ2v) is 6.12. The average Bonchev–Trinajstić information content (AvgIpc) is 2.36. The minimum absolute atomic E-state index is 0.646. The molecule has 0 spiro atoms. The Bertz CT molecular complexity index is 180. The Morgan fingerprint density at radius 3 is 2.29 bits per heavy atom. The van der Waals surface area contributed by atoms with Gasteiger partial charge in [-0.05, 0) is 50.0 Å². The topological polar surface area (TPSA) is 12.0 Å². The first-order chi connectivity index (χ1) is 8.26. The van der Waals surface area contributed by atoms with E-state index >= 15 is 0 Å². The molecule has 17 heavy (non-hydrogen) atoms. The fraction of sp³-hybridized carbons (Fsp3) is 1.00. The van der Waals surface area contributed by atoms with E-state index in [1.807, 2.05) is 0 Å². The number of hydrogen-bond donors (Lipinski definition) is 1. The van der Waals surface area contributed by atoms with Gasteiger partial charge in [-0.1, -0.05) is 46.5 Å². The van der Waals surface area contributed by atoms with Crippen LogP contribution in [0.2, 0.25) is 0 Å². The molecule has 1 nitrogen and oxygen atoms in total. The largest absolute Gasteiger partial charge is 0.316 e. The Balaban J connectivity index is 2.37. The van der Waals surface area contributed by atoms with Gasteiger partial charge in [0.2, 0.25) is 0 Å².